The van der Waals surface area contributed by atoms with E-state index in [-0.39, 0.29) is 19.1 Å². The summed E-state index contributed by atoms with van der Waals surface area (Å²) >= 11 is 0. The maximum atomic E-state index is 12.4. The Morgan fingerprint density at radius 3 is 2.48 bits per heavy atom. The standard InChI is InChI=1S/C20H20N2O5/c1-13-6-5-7-14(2)20(13)27-12-19(25)26-11-18(24)22-10-17(23)21-15-8-3-4-9-16(15)22/h3-9H,10-12H2,1-2H3,(H,21,23). The summed E-state index contributed by atoms with van der Waals surface area (Å²) in [7, 11) is 0. The topological polar surface area (TPSA) is 84.9 Å². The van der Waals surface area contributed by atoms with Crippen LogP contribution in [0.1, 0.15) is 11.1 Å². The minimum Gasteiger partial charge on any atom is -0.481 e. The van der Waals surface area contributed by atoms with E-state index in [0.717, 1.165) is 11.1 Å². The number of ether oxygens (including phenoxy) is 2. The van der Waals surface area contributed by atoms with Gasteiger partial charge in [0.2, 0.25) is 5.91 Å². The highest BCUT2D eigenvalue weighted by atomic mass is 16.6. The summed E-state index contributed by atoms with van der Waals surface area (Å²) in [5, 5.41) is 2.70. The quantitative estimate of drug-likeness (QED) is 0.818. The second-order valence-electron chi connectivity index (χ2n) is 6.22. The van der Waals surface area contributed by atoms with Gasteiger partial charge in [0.1, 0.15) is 12.3 Å². The molecule has 0 atom stereocenters. The summed E-state index contributed by atoms with van der Waals surface area (Å²) in [6, 6.07) is 12.6. The van der Waals surface area contributed by atoms with E-state index in [2.05, 4.69) is 5.32 Å². The molecule has 7 heteroatoms. The molecular formula is C20H20N2O5. The molecule has 140 valence electrons. The Hall–Kier alpha value is -3.35. The lowest BCUT2D eigenvalue weighted by atomic mass is 10.1. The fourth-order valence-electron chi connectivity index (χ4n) is 2.88. The predicted molar refractivity (Wildman–Crippen MR) is 99.8 cm³/mol. The lowest BCUT2D eigenvalue weighted by Gasteiger charge is -2.28. The number of carbonyl (C=O) groups is 3. The van der Waals surface area contributed by atoms with Gasteiger partial charge in [-0.3, -0.25) is 14.5 Å². The van der Waals surface area contributed by atoms with Crippen LogP contribution in [0.4, 0.5) is 11.4 Å². The number of aryl methyl sites for hydroxylation is 2. The van der Waals surface area contributed by atoms with Crippen molar-refractivity contribution in [3.05, 3.63) is 53.6 Å². The van der Waals surface area contributed by atoms with Crippen LogP contribution in [0.25, 0.3) is 0 Å². The molecule has 1 N–H and O–H groups in total. The van der Waals surface area contributed by atoms with Crippen molar-refractivity contribution in [3.8, 4) is 5.75 Å². The number of hydrogen-bond acceptors (Lipinski definition) is 5. The number of benzene rings is 2. The van der Waals surface area contributed by atoms with Crippen LogP contribution in [0.5, 0.6) is 5.75 Å². The third-order valence-electron chi connectivity index (χ3n) is 4.17. The molecule has 27 heavy (non-hydrogen) atoms. The zero-order valence-corrected chi connectivity index (χ0v) is 15.2. The van der Waals surface area contributed by atoms with Gasteiger partial charge < -0.3 is 14.8 Å². The van der Waals surface area contributed by atoms with Crippen molar-refractivity contribution in [2.75, 3.05) is 30.0 Å². The van der Waals surface area contributed by atoms with Crippen molar-refractivity contribution in [1.29, 1.82) is 0 Å². The monoisotopic (exact) mass is 368 g/mol. The van der Waals surface area contributed by atoms with Gasteiger partial charge in [0.05, 0.1) is 11.4 Å². The first-order chi connectivity index (χ1) is 13.0. The Labute approximate surface area is 156 Å². The van der Waals surface area contributed by atoms with Crippen LogP contribution in [0.2, 0.25) is 0 Å². The lowest BCUT2D eigenvalue weighted by Crippen LogP contribution is -2.44. The van der Waals surface area contributed by atoms with E-state index < -0.39 is 18.5 Å². The number of esters is 1. The highest BCUT2D eigenvalue weighted by molar-refractivity contribution is 6.10. The van der Waals surface area contributed by atoms with Crippen LogP contribution in [0.3, 0.4) is 0 Å². The number of amides is 2. The van der Waals surface area contributed by atoms with Crippen LogP contribution < -0.4 is 15.0 Å². The number of rotatable bonds is 5. The van der Waals surface area contributed by atoms with Gasteiger partial charge in [0.25, 0.3) is 5.91 Å². The number of hydrogen-bond donors (Lipinski definition) is 1. The van der Waals surface area contributed by atoms with E-state index in [4.69, 9.17) is 9.47 Å². The van der Waals surface area contributed by atoms with E-state index in [0.29, 0.717) is 17.1 Å². The Kier molecular flexibility index (Phi) is 5.40. The van der Waals surface area contributed by atoms with Gasteiger partial charge in [0, 0.05) is 0 Å². The Morgan fingerprint density at radius 2 is 1.74 bits per heavy atom. The zero-order valence-electron chi connectivity index (χ0n) is 15.2. The molecule has 1 aliphatic rings. The van der Waals surface area contributed by atoms with E-state index in [1.165, 1.54) is 4.90 Å². The summed E-state index contributed by atoms with van der Waals surface area (Å²) < 4.78 is 10.5. The second kappa shape index (κ2) is 7.90. The van der Waals surface area contributed by atoms with Gasteiger partial charge in [-0.25, -0.2) is 4.79 Å². The molecule has 0 unspecified atom stereocenters. The smallest absolute Gasteiger partial charge is 0.344 e. The number of nitrogens with one attached hydrogen (secondary N) is 1. The third kappa shape index (κ3) is 4.25. The molecule has 0 radical (unpaired) electrons. The van der Waals surface area contributed by atoms with E-state index >= 15 is 0 Å². The summed E-state index contributed by atoms with van der Waals surface area (Å²) in [5.41, 5.74) is 2.95. The van der Waals surface area contributed by atoms with Gasteiger partial charge >= 0.3 is 5.97 Å². The van der Waals surface area contributed by atoms with Crippen molar-refractivity contribution in [3.63, 3.8) is 0 Å². The fourth-order valence-corrected chi connectivity index (χ4v) is 2.88. The molecule has 1 aliphatic heterocycles. The van der Waals surface area contributed by atoms with Gasteiger partial charge in [-0.1, -0.05) is 30.3 Å². The first-order valence-electron chi connectivity index (χ1n) is 8.49. The highest BCUT2D eigenvalue weighted by Gasteiger charge is 2.27. The van der Waals surface area contributed by atoms with Crippen LogP contribution in [-0.4, -0.2) is 37.5 Å². The van der Waals surface area contributed by atoms with Crippen molar-refractivity contribution >= 4 is 29.2 Å². The maximum Gasteiger partial charge on any atom is 0.344 e. The Balaban J connectivity index is 1.56. The summed E-state index contributed by atoms with van der Waals surface area (Å²) in [6.45, 7) is 2.89. The van der Waals surface area contributed by atoms with E-state index in [1.54, 1.807) is 24.3 Å². The summed E-state index contributed by atoms with van der Waals surface area (Å²) in [5.74, 6) is -0.799. The van der Waals surface area contributed by atoms with Crippen LogP contribution >= 0.6 is 0 Å². The molecule has 0 bridgehead atoms. The highest BCUT2D eigenvalue weighted by Crippen LogP contribution is 2.28. The Bertz CT molecular complexity index is 873. The molecule has 2 aromatic carbocycles. The van der Waals surface area contributed by atoms with Crippen LogP contribution in [0, 0.1) is 13.8 Å². The van der Waals surface area contributed by atoms with Gasteiger partial charge in [0.15, 0.2) is 13.2 Å². The zero-order chi connectivity index (χ0) is 19.4. The van der Waals surface area contributed by atoms with E-state index in [1.807, 2.05) is 32.0 Å². The molecule has 0 fully saturated rings. The van der Waals surface area contributed by atoms with Crippen LogP contribution in [0.15, 0.2) is 42.5 Å². The van der Waals surface area contributed by atoms with Crippen molar-refractivity contribution in [2.45, 2.75) is 13.8 Å². The van der Waals surface area contributed by atoms with Crippen LogP contribution in [-0.2, 0) is 19.1 Å². The summed E-state index contributed by atoms with van der Waals surface area (Å²) in [6.07, 6.45) is 0. The second-order valence-corrected chi connectivity index (χ2v) is 6.22. The number of para-hydroxylation sites is 3. The molecular weight excluding hydrogens is 348 g/mol. The number of nitrogens with zero attached hydrogens (tertiary/aromatic N) is 1. The van der Waals surface area contributed by atoms with Gasteiger partial charge in [-0.15, -0.1) is 0 Å². The Morgan fingerprint density at radius 1 is 1.04 bits per heavy atom. The number of fused-ring (bicyclic) bond motifs is 1. The third-order valence-corrected chi connectivity index (χ3v) is 4.17. The molecule has 0 aliphatic carbocycles. The number of carbonyl (C=O) groups excluding carboxylic acids is 3. The first-order valence-corrected chi connectivity index (χ1v) is 8.49. The molecule has 2 amide bonds. The first kappa shape index (κ1) is 18.4. The molecule has 0 saturated heterocycles. The molecule has 2 aromatic rings. The minimum absolute atomic E-state index is 0.119. The van der Waals surface area contributed by atoms with Crippen molar-refractivity contribution < 1.29 is 23.9 Å². The fraction of sp³-hybridized carbons (Fsp3) is 0.250. The van der Waals surface area contributed by atoms with E-state index in [9.17, 15) is 14.4 Å². The minimum atomic E-state index is -0.652. The number of anilines is 2. The molecule has 0 aromatic heterocycles. The molecule has 0 spiro atoms. The molecule has 1 heterocycles. The predicted octanol–water partition coefficient (Wildman–Crippen LogP) is 2.21. The maximum absolute atomic E-state index is 12.4. The average Bonchev–Trinajstić information content (AvgIpc) is 2.65. The van der Waals surface area contributed by atoms with Crippen molar-refractivity contribution in [2.24, 2.45) is 0 Å². The van der Waals surface area contributed by atoms with Crippen molar-refractivity contribution in [1.82, 2.24) is 0 Å². The molecule has 3 rings (SSSR count). The average molecular weight is 368 g/mol. The normalized spacial score (nSPS) is 12.8. The molecule has 0 saturated carbocycles. The van der Waals surface area contributed by atoms with Gasteiger partial charge in [-0.2, -0.15) is 0 Å². The largest absolute Gasteiger partial charge is 0.481 e. The summed E-state index contributed by atoms with van der Waals surface area (Å²) in [4.78, 5) is 37.4. The lowest BCUT2D eigenvalue weighted by molar-refractivity contribution is -0.149. The van der Waals surface area contributed by atoms with Gasteiger partial charge in [-0.05, 0) is 37.1 Å². The SMILES string of the molecule is Cc1cccc(C)c1OCC(=O)OCC(=O)N1CC(=O)Nc2ccccc21. The molecule has 7 nitrogen and oxygen atoms in total.